The maximum atomic E-state index is 13.5. The molecule has 1 fully saturated rings. The van der Waals surface area contributed by atoms with Crippen LogP contribution >= 0.6 is 0 Å². The van der Waals surface area contributed by atoms with Crippen LogP contribution in [0.3, 0.4) is 0 Å². The van der Waals surface area contributed by atoms with Crippen molar-refractivity contribution >= 4 is 5.69 Å². The maximum absolute atomic E-state index is 13.5. The highest BCUT2D eigenvalue weighted by molar-refractivity contribution is 5.60. The molecule has 2 heterocycles. The summed E-state index contributed by atoms with van der Waals surface area (Å²) < 4.78 is 52.6. The Bertz CT molecular complexity index is 554. The van der Waals surface area contributed by atoms with Gasteiger partial charge in [-0.3, -0.25) is 5.01 Å². The van der Waals surface area contributed by atoms with Crippen molar-refractivity contribution in [3.8, 4) is 0 Å². The summed E-state index contributed by atoms with van der Waals surface area (Å²) in [6.07, 6.45) is -4.98. The zero-order chi connectivity index (χ0) is 16.0. The van der Waals surface area contributed by atoms with Gasteiger partial charge in [0.2, 0.25) is 0 Å². The zero-order valence-electron chi connectivity index (χ0n) is 12.4. The van der Waals surface area contributed by atoms with Gasteiger partial charge in [-0.15, -0.1) is 0 Å². The molecule has 7 heteroatoms. The molecular weight excluding hydrogens is 298 g/mol. The van der Waals surface area contributed by atoms with E-state index in [9.17, 15) is 17.6 Å². The Morgan fingerprint density at radius 1 is 1.23 bits per heavy atom. The van der Waals surface area contributed by atoms with Crippen LogP contribution in [0, 0.1) is 5.82 Å². The summed E-state index contributed by atoms with van der Waals surface area (Å²) in [6, 6.07) is 4.26. The van der Waals surface area contributed by atoms with Crippen LogP contribution < -0.4 is 10.3 Å². The minimum absolute atomic E-state index is 0.198. The van der Waals surface area contributed by atoms with Gasteiger partial charge in [0.1, 0.15) is 5.82 Å². The summed E-state index contributed by atoms with van der Waals surface area (Å²) in [5, 5.41) is 6.89. The molecule has 1 aromatic carbocycles. The number of alkyl halides is 3. The molecule has 0 bridgehead atoms. The molecule has 2 aliphatic heterocycles. The number of nitrogens with one attached hydrogen (secondary N) is 1. The summed E-state index contributed by atoms with van der Waals surface area (Å²) in [5.74, 6) is -0.407. The first-order valence-electron chi connectivity index (χ1n) is 7.39. The predicted octanol–water partition coefficient (Wildman–Crippen LogP) is 2.72. The number of anilines is 1. The van der Waals surface area contributed by atoms with Gasteiger partial charge in [-0.05, 0) is 37.1 Å². The van der Waals surface area contributed by atoms with Crippen LogP contribution in [0.2, 0.25) is 0 Å². The van der Waals surface area contributed by atoms with Crippen LogP contribution in [0.25, 0.3) is 0 Å². The molecule has 0 amide bonds. The van der Waals surface area contributed by atoms with Crippen LogP contribution in [-0.4, -0.2) is 42.9 Å². The molecule has 1 aromatic rings. The summed E-state index contributed by atoms with van der Waals surface area (Å²) in [6.45, 7) is 4.36. The number of piperazine rings is 1. The predicted molar refractivity (Wildman–Crippen MR) is 76.1 cm³/mol. The quantitative estimate of drug-likeness (QED) is 0.846. The fraction of sp³-hybridized carbons (Fsp3) is 0.600. The van der Waals surface area contributed by atoms with Crippen molar-refractivity contribution in [2.45, 2.75) is 31.5 Å². The van der Waals surface area contributed by atoms with Gasteiger partial charge in [0, 0.05) is 26.2 Å². The Balaban J connectivity index is 1.98. The smallest absolute Gasteiger partial charge is 0.314 e. The molecule has 0 aliphatic carbocycles. The SMILES string of the molecule is CC1(CC(F)(F)F)Cc2cc(F)ccc2N1N1CCNCC1. The number of hydrogen-bond donors (Lipinski definition) is 1. The Morgan fingerprint density at radius 3 is 2.55 bits per heavy atom. The van der Waals surface area contributed by atoms with Crippen molar-refractivity contribution < 1.29 is 17.6 Å². The van der Waals surface area contributed by atoms with E-state index >= 15 is 0 Å². The summed E-state index contributed by atoms with van der Waals surface area (Å²) in [7, 11) is 0. The fourth-order valence-corrected chi connectivity index (χ4v) is 3.59. The number of hydrazine groups is 1. The van der Waals surface area contributed by atoms with E-state index in [2.05, 4.69) is 5.32 Å². The molecule has 122 valence electrons. The summed E-state index contributed by atoms with van der Waals surface area (Å²) >= 11 is 0. The van der Waals surface area contributed by atoms with Crippen LogP contribution in [0.5, 0.6) is 0 Å². The molecule has 1 unspecified atom stereocenters. The third-order valence-electron chi connectivity index (χ3n) is 4.31. The van der Waals surface area contributed by atoms with Crippen LogP contribution in [0.1, 0.15) is 18.9 Å². The van der Waals surface area contributed by atoms with E-state index in [0.717, 1.165) is 13.1 Å². The molecule has 3 nitrogen and oxygen atoms in total. The van der Waals surface area contributed by atoms with Crippen LogP contribution in [-0.2, 0) is 6.42 Å². The topological polar surface area (TPSA) is 18.5 Å². The summed E-state index contributed by atoms with van der Waals surface area (Å²) in [5.41, 5.74) is 0.228. The van der Waals surface area contributed by atoms with E-state index in [0.29, 0.717) is 24.3 Å². The van der Waals surface area contributed by atoms with Crippen molar-refractivity contribution in [3.63, 3.8) is 0 Å². The van der Waals surface area contributed by atoms with Crippen LogP contribution in [0.4, 0.5) is 23.2 Å². The highest BCUT2D eigenvalue weighted by atomic mass is 19.4. The first-order chi connectivity index (χ1) is 10.3. The van der Waals surface area contributed by atoms with Crippen molar-refractivity contribution in [1.29, 1.82) is 0 Å². The molecule has 22 heavy (non-hydrogen) atoms. The molecular formula is C15H19F4N3. The Labute approximate surface area is 126 Å². The Morgan fingerprint density at radius 2 is 1.91 bits per heavy atom. The summed E-state index contributed by atoms with van der Waals surface area (Å²) in [4.78, 5) is 0. The Kier molecular flexibility index (Phi) is 3.81. The van der Waals surface area contributed by atoms with Crippen LogP contribution in [0.15, 0.2) is 18.2 Å². The minimum atomic E-state index is -4.26. The molecule has 1 N–H and O–H groups in total. The number of halogens is 4. The van der Waals surface area contributed by atoms with Gasteiger partial charge in [0.15, 0.2) is 0 Å². The maximum Gasteiger partial charge on any atom is 0.391 e. The molecule has 2 aliphatic rings. The van der Waals surface area contributed by atoms with Gasteiger partial charge in [-0.25, -0.2) is 9.40 Å². The monoisotopic (exact) mass is 317 g/mol. The van der Waals surface area contributed by atoms with Gasteiger partial charge < -0.3 is 5.32 Å². The van der Waals surface area contributed by atoms with Crippen molar-refractivity contribution in [2.75, 3.05) is 31.2 Å². The van der Waals surface area contributed by atoms with Crippen molar-refractivity contribution in [2.24, 2.45) is 0 Å². The lowest BCUT2D eigenvalue weighted by Gasteiger charge is -2.46. The second-order valence-electron chi connectivity index (χ2n) is 6.25. The molecule has 0 spiro atoms. The molecule has 1 saturated heterocycles. The third-order valence-corrected chi connectivity index (χ3v) is 4.31. The average Bonchev–Trinajstić information content (AvgIpc) is 2.67. The molecule has 1 atom stereocenters. The van der Waals surface area contributed by atoms with Crippen molar-refractivity contribution in [3.05, 3.63) is 29.6 Å². The number of fused-ring (bicyclic) bond motifs is 1. The van der Waals surface area contributed by atoms with Gasteiger partial charge in [-0.1, -0.05) is 0 Å². The second-order valence-corrected chi connectivity index (χ2v) is 6.25. The lowest BCUT2D eigenvalue weighted by molar-refractivity contribution is -0.148. The van der Waals surface area contributed by atoms with E-state index in [1.807, 2.05) is 5.01 Å². The lowest BCUT2D eigenvalue weighted by Crippen LogP contribution is -2.60. The molecule has 0 saturated carbocycles. The number of nitrogens with zero attached hydrogens (tertiary/aromatic N) is 2. The largest absolute Gasteiger partial charge is 0.391 e. The third kappa shape index (κ3) is 2.92. The number of rotatable bonds is 2. The van der Waals surface area contributed by atoms with Gasteiger partial charge >= 0.3 is 6.18 Å². The highest BCUT2D eigenvalue weighted by Gasteiger charge is 2.49. The van der Waals surface area contributed by atoms with E-state index in [-0.39, 0.29) is 6.42 Å². The molecule has 3 rings (SSSR count). The minimum Gasteiger partial charge on any atom is -0.314 e. The van der Waals surface area contributed by atoms with E-state index in [1.165, 1.54) is 12.1 Å². The van der Waals surface area contributed by atoms with Crippen molar-refractivity contribution in [1.82, 2.24) is 10.3 Å². The van der Waals surface area contributed by atoms with E-state index in [1.54, 1.807) is 18.0 Å². The lowest BCUT2D eigenvalue weighted by atomic mass is 9.93. The first kappa shape index (κ1) is 15.6. The van der Waals surface area contributed by atoms with E-state index < -0.39 is 24.0 Å². The standard InChI is InChI=1S/C15H19F4N3/c1-14(10-15(17,18)19)9-11-8-12(16)2-3-13(11)22(14)21-6-4-20-5-7-21/h2-3,8,20H,4-7,9-10H2,1H3. The van der Waals surface area contributed by atoms with E-state index in [4.69, 9.17) is 0 Å². The number of benzene rings is 1. The molecule has 0 radical (unpaired) electrons. The first-order valence-corrected chi connectivity index (χ1v) is 7.39. The second kappa shape index (κ2) is 5.38. The van der Waals surface area contributed by atoms with Gasteiger partial charge in [0.05, 0.1) is 17.6 Å². The fourth-order valence-electron chi connectivity index (χ4n) is 3.59. The van der Waals surface area contributed by atoms with Gasteiger partial charge in [-0.2, -0.15) is 13.2 Å². The normalized spacial score (nSPS) is 26.3. The molecule has 0 aromatic heterocycles. The zero-order valence-corrected chi connectivity index (χ0v) is 12.4. The number of hydrogen-bond acceptors (Lipinski definition) is 3. The van der Waals surface area contributed by atoms with Gasteiger partial charge in [0.25, 0.3) is 0 Å². The average molecular weight is 317 g/mol. The Hall–Kier alpha value is -1.34. The highest BCUT2D eigenvalue weighted by Crippen LogP contribution is 2.45.